The van der Waals surface area contributed by atoms with Gasteiger partial charge in [-0.25, -0.2) is 0 Å². The Labute approximate surface area is 129 Å². The smallest absolute Gasteiger partial charge is 0.0705 e. The number of halogens is 1. The first kappa shape index (κ1) is 14.0. The fourth-order valence-corrected chi connectivity index (χ4v) is 3.47. The van der Waals surface area contributed by atoms with Crippen LogP contribution in [0.4, 0.5) is 0 Å². The Bertz CT molecular complexity index is 570. The third-order valence-corrected chi connectivity index (χ3v) is 4.75. The van der Waals surface area contributed by atoms with E-state index in [9.17, 15) is 0 Å². The zero-order valence-electron chi connectivity index (χ0n) is 11.8. The van der Waals surface area contributed by atoms with Crippen molar-refractivity contribution in [2.45, 2.75) is 38.3 Å². The second-order valence-electron chi connectivity index (χ2n) is 5.59. The van der Waals surface area contributed by atoms with Gasteiger partial charge < -0.3 is 0 Å². The minimum Gasteiger partial charge on any atom is -0.295 e. The number of pyridine rings is 1. The minimum absolute atomic E-state index is 0.751. The molecule has 0 bridgehead atoms. The van der Waals surface area contributed by atoms with Crippen LogP contribution in [0.5, 0.6) is 0 Å². The molecule has 3 heteroatoms. The number of alkyl halides is 1. The Morgan fingerprint density at radius 2 is 2.10 bits per heavy atom. The van der Waals surface area contributed by atoms with Crippen LogP contribution in [0.1, 0.15) is 31.4 Å². The van der Waals surface area contributed by atoms with Gasteiger partial charge in [-0.1, -0.05) is 40.2 Å². The number of hydrogen-bond acceptors (Lipinski definition) is 2. The average molecular weight is 333 g/mol. The van der Waals surface area contributed by atoms with Crippen LogP contribution in [-0.2, 0) is 6.54 Å². The summed E-state index contributed by atoms with van der Waals surface area (Å²) in [7, 11) is 0. The minimum atomic E-state index is 0.751. The van der Waals surface area contributed by atoms with Gasteiger partial charge in [0.2, 0.25) is 0 Å². The van der Waals surface area contributed by atoms with E-state index in [1.807, 2.05) is 0 Å². The lowest BCUT2D eigenvalue weighted by Crippen LogP contribution is -2.29. The second kappa shape index (κ2) is 6.68. The van der Waals surface area contributed by atoms with Crippen LogP contribution in [-0.4, -0.2) is 27.8 Å². The van der Waals surface area contributed by atoms with Crippen molar-refractivity contribution in [2.24, 2.45) is 0 Å². The van der Waals surface area contributed by atoms with Crippen molar-refractivity contribution in [2.75, 3.05) is 11.9 Å². The zero-order valence-corrected chi connectivity index (χ0v) is 13.3. The number of rotatable bonds is 5. The molecular formula is C17H21BrN2. The van der Waals surface area contributed by atoms with Gasteiger partial charge in [0.25, 0.3) is 0 Å². The molecule has 0 aliphatic carbocycles. The molecule has 3 rings (SSSR count). The molecular weight excluding hydrogens is 312 g/mol. The highest BCUT2D eigenvalue weighted by molar-refractivity contribution is 9.09. The van der Waals surface area contributed by atoms with E-state index >= 15 is 0 Å². The number of likely N-dealkylation sites (tertiary alicyclic amines) is 1. The van der Waals surface area contributed by atoms with Gasteiger partial charge in [0.1, 0.15) is 0 Å². The quantitative estimate of drug-likeness (QED) is 0.755. The first-order chi connectivity index (χ1) is 9.86. The summed E-state index contributed by atoms with van der Waals surface area (Å²) in [5.74, 6) is 0. The lowest BCUT2D eigenvalue weighted by molar-refractivity contribution is 0.231. The molecule has 1 aliphatic heterocycles. The number of hydrogen-bond donors (Lipinski definition) is 0. The van der Waals surface area contributed by atoms with Gasteiger partial charge in [0.15, 0.2) is 0 Å². The van der Waals surface area contributed by atoms with Crippen molar-refractivity contribution >= 4 is 26.8 Å². The largest absolute Gasteiger partial charge is 0.295 e. The second-order valence-corrected chi connectivity index (χ2v) is 6.39. The highest BCUT2D eigenvalue weighted by Gasteiger charge is 2.24. The van der Waals surface area contributed by atoms with Crippen molar-refractivity contribution in [1.29, 1.82) is 0 Å². The number of nitrogens with zero attached hydrogens (tertiary/aromatic N) is 2. The molecule has 1 fully saturated rings. The Balaban J connectivity index is 1.71. The molecule has 1 aliphatic rings. The molecule has 1 atom stereocenters. The van der Waals surface area contributed by atoms with Gasteiger partial charge in [-0.3, -0.25) is 9.88 Å². The molecule has 1 aromatic carbocycles. The third-order valence-electron chi connectivity index (χ3n) is 4.19. The number of benzene rings is 1. The summed E-state index contributed by atoms with van der Waals surface area (Å²) in [6.45, 7) is 2.22. The Hall–Kier alpha value is -0.930. The molecule has 2 nitrogen and oxygen atoms in total. The molecule has 0 N–H and O–H groups in total. The van der Waals surface area contributed by atoms with Gasteiger partial charge >= 0.3 is 0 Å². The summed E-state index contributed by atoms with van der Waals surface area (Å²) in [4.78, 5) is 7.41. The highest BCUT2D eigenvalue weighted by atomic mass is 79.9. The first-order valence-electron chi connectivity index (χ1n) is 7.51. The maximum Gasteiger partial charge on any atom is 0.0705 e. The highest BCUT2D eigenvalue weighted by Crippen LogP contribution is 2.24. The van der Waals surface area contributed by atoms with E-state index in [0.29, 0.717) is 0 Å². The van der Waals surface area contributed by atoms with E-state index in [-0.39, 0.29) is 0 Å². The lowest BCUT2D eigenvalue weighted by Gasteiger charge is -2.24. The van der Waals surface area contributed by atoms with Gasteiger partial charge in [-0.2, -0.15) is 0 Å². The van der Waals surface area contributed by atoms with Crippen LogP contribution >= 0.6 is 15.9 Å². The topological polar surface area (TPSA) is 16.1 Å². The number of aromatic nitrogens is 1. The standard InChI is InChI=1S/C17H21BrN2/c18-11-3-6-16-7-4-12-20(16)13-15-10-9-14-5-1-2-8-17(14)19-15/h1-2,5,8-10,16H,3-4,6-7,11-13H2. The van der Waals surface area contributed by atoms with Crippen LogP contribution in [0.2, 0.25) is 0 Å². The first-order valence-corrected chi connectivity index (χ1v) is 8.63. The fraction of sp³-hybridized carbons (Fsp3) is 0.471. The summed E-state index contributed by atoms with van der Waals surface area (Å²) in [5, 5.41) is 2.35. The average Bonchev–Trinajstić information content (AvgIpc) is 2.92. The maximum atomic E-state index is 4.80. The van der Waals surface area contributed by atoms with Crippen molar-refractivity contribution in [1.82, 2.24) is 9.88 Å². The molecule has 1 unspecified atom stereocenters. The van der Waals surface area contributed by atoms with E-state index in [2.05, 4.69) is 57.2 Å². The zero-order chi connectivity index (χ0) is 13.8. The fourth-order valence-electron chi connectivity index (χ4n) is 3.15. The summed E-state index contributed by atoms with van der Waals surface area (Å²) >= 11 is 3.54. The lowest BCUT2D eigenvalue weighted by atomic mass is 10.1. The van der Waals surface area contributed by atoms with E-state index in [4.69, 9.17) is 4.98 Å². The molecule has 1 saturated heterocycles. The number of para-hydroxylation sites is 1. The summed E-state index contributed by atoms with van der Waals surface area (Å²) < 4.78 is 0. The van der Waals surface area contributed by atoms with E-state index in [0.717, 1.165) is 23.4 Å². The molecule has 0 amide bonds. The number of fused-ring (bicyclic) bond motifs is 1. The Kier molecular flexibility index (Phi) is 4.69. The van der Waals surface area contributed by atoms with Crippen molar-refractivity contribution in [3.63, 3.8) is 0 Å². The predicted molar refractivity (Wildman–Crippen MR) is 88.2 cm³/mol. The van der Waals surface area contributed by atoms with E-state index in [1.54, 1.807) is 0 Å². The molecule has 0 saturated carbocycles. The molecule has 0 radical (unpaired) electrons. The van der Waals surface area contributed by atoms with Gasteiger partial charge in [0.05, 0.1) is 11.2 Å². The van der Waals surface area contributed by atoms with Crippen molar-refractivity contribution in [3.8, 4) is 0 Å². The maximum absolute atomic E-state index is 4.80. The molecule has 20 heavy (non-hydrogen) atoms. The summed E-state index contributed by atoms with van der Waals surface area (Å²) in [6, 6.07) is 13.5. The summed E-state index contributed by atoms with van der Waals surface area (Å²) in [6.07, 6.45) is 5.26. The molecule has 1 aromatic heterocycles. The van der Waals surface area contributed by atoms with Gasteiger partial charge in [0, 0.05) is 23.3 Å². The Morgan fingerprint density at radius 3 is 3.00 bits per heavy atom. The van der Waals surface area contributed by atoms with Crippen LogP contribution in [0.15, 0.2) is 36.4 Å². The van der Waals surface area contributed by atoms with Crippen LogP contribution < -0.4 is 0 Å². The SMILES string of the molecule is BrCCCC1CCCN1Cc1ccc2ccccc2n1. The molecule has 2 aromatic rings. The monoisotopic (exact) mass is 332 g/mol. The van der Waals surface area contributed by atoms with E-state index in [1.165, 1.54) is 43.3 Å². The summed E-state index contributed by atoms with van der Waals surface area (Å²) in [5.41, 5.74) is 2.32. The van der Waals surface area contributed by atoms with Crippen LogP contribution in [0.25, 0.3) is 10.9 Å². The van der Waals surface area contributed by atoms with Crippen LogP contribution in [0, 0.1) is 0 Å². The van der Waals surface area contributed by atoms with Crippen LogP contribution in [0.3, 0.4) is 0 Å². The van der Waals surface area contributed by atoms with Crippen molar-refractivity contribution < 1.29 is 0 Å². The molecule has 2 heterocycles. The van der Waals surface area contributed by atoms with Gasteiger partial charge in [-0.05, 0) is 44.4 Å². The van der Waals surface area contributed by atoms with Gasteiger partial charge in [-0.15, -0.1) is 0 Å². The molecule has 106 valence electrons. The normalized spacial score (nSPS) is 19.8. The third kappa shape index (κ3) is 3.21. The Morgan fingerprint density at radius 1 is 1.20 bits per heavy atom. The van der Waals surface area contributed by atoms with Crippen molar-refractivity contribution in [3.05, 3.63) is 42.1 Å². The molecule has 0 spiro atoms. The predicted octanol–water partition coefficient (Wildman–Crippen LogP) is 4.37. The van der Waals surface area contributed by atoms with E-state index < -0.39 is 0 Å².